The maximum Gasteiger partial charge on any atom is 0.317 e. The van der Waals surface area contributed by atoms with Crippen LogP contribution >= 0.6 is 0 Å². The number of hydrogen-bond donors (Lipinski definition) is 1. The molecule has 1 saturated heterocycles. The van der Waals surface area contributed by atoms with Crippen molar-refractivity contribution in [3.05, 3.63) is 59.7 Å². The molecule has 0 saturated carbocycles. The Hall–Kier alpha value is -3.22. The third-order valence-corrected chi connectivity index (χ3v) is 6.14. The normalized spacial score (nSPS) is 16.0. The third-order valence-electron chi connectivity index (χ3n) is 6.14. The van der Waals surface area contributed by atoms with Crippen LogP contribution in [0.25, 0.3) is 0 Å². The first kappa shape index (κ1) is 24.4. The van der Waals surface area contributed by atoms with Crippen molar-refractivity contribution >= 4 is 11.9 Å². The van der Waals surface area contributed by atoms with Crippen LogP contribution in [-0.4, -0.2) is 68.2 Å². The lowest BCUT2D eigenvalue weighted by atomic mass is 9.99. The van der Waals surface area contributed by atoms with Crippen molar-refractivity contribution in [3.63, 3.8) is 0 Å². The second kappa shape index (κ2) is 11.6. The van der Waals surface area contributed by atoms with Crippen LogP contribution in [0.1, 0.15) is 25.0 Å². The predicted molar refractivity (Wildman–Crippen MR) is 129 cm³/mol. The number of benzene rings is 2. The zero-order chi connectivity index (χ0) is 23.8. The van der Waals surface area contributed by atoms with Crippen molar-refractivity contribution in [1.29, 1.82) is 0 Å². The molecule has 1 heterocycles. The van der Waals surface area contributed by atoms with E-state index in [4.69, 9.17) is 9.47 Å². The van der Waals surface area contributed by atoms with Gasteiger partial charge in [0.2, 0.25) is 5.91 Å². The van der Waals surface area contributed by atoms with E-state index in [-0.39, 0.29) is 30.3 Å². The molecule has 33 heavy (non-hydrogen) atoms. The van der Waals surface area contributed by atoms with E-state index in [2.05, 4.69) is 31.3 Å². The molecule has 1 atom stereocenters. The fourth-order valence-electron chi connectivity index (χ4n) is 4.20. The van der Waals surface area contributed by atoms with Gasteiger partial charge in [0.1, 0.15) is 0 Å². The lowest BCUT2D eigenvalue weighted by molar-refractivity contribution is -0.133. The summed E-state index contributed by atoms with van der Waals surface area (Å²) < 4.78 is 10.6. The maximum atomic E-state index is 13.0. The molecule has 0 bridgehead atoms. The average Bonchev–Trinajstić information content (AvgIpc) is 2.84. The summed E-state index contributed by atoms with van der Waals surface area (Å²) in [5, 5.41) is 3.05. The quantitative estimate of drug-likeness (QED) is 0.665. The van der Waals surface area contributed by atoms with E-state index in [0.29, 0.717) is 37.7 Å². The number of ether oxygens (including phenoxy) is 2. The maximum absolute atomic E-state index is 13.0. The van der Waals surface area contributed by atoms with Crippen LogP contribution in [0.5, 0.6) is 11.5 Å². The Morgan fingerprint density at radius 1 is 1.00 bits per heavy atom. The summed E-state index contributed by atoms with van der Waals surface area (Å²) >= 11 is 0. The molecule has 3 rings (SSSR count). The Balaban J connectivity index is 1.57. The molecule has 3 amide bonds. The fraction of sp³-hybridized carbons (Fsp3) is 0.462. The van der Waals surface area contributed by atoms with E-state index >= 15 is 0 Å². The number of hydrogen-bond acceptors (Lipinski definition) is 4. The number of amides is 3. The number of carbonyl (C=O) groups excluding carboxylic acids is 2. The van der Waals surface area contributed by atoms with Gasteiger partial charge in [-0.1, -0.05) is 50.2 Å². The molecule has 1 aliphatic heterocycles. The summed E-state index contributed by atoms with van der Waals surface area (Å²) in [6.45, 7) is 6.37. The molecular formula is C26H35N3O4. The fourth-order valence-corrected chi connectivity index (χ4v) is 4.20. The van der Waals surface area contributed by atoms with E-state index in [1.807, 2.05) is 46.2 Å². The Morgan fingerprint density at radius 2 is 1.73 bits per heavy atom. The molecule has 0 aliphatic carbocycles. The van der Waals surface area contributed by atoms with Crippen LogP contribution < -0.4 is 14.8 Å². The van der Waals surface area contributed by atoms with Gasteiger partial charge in [0.05, 0.1) is 26.7 Å². The first-order chi connectivity index (χ1) is 15.9. The van der Waals surface area contributed by atoms with E-state index in [1.54, 1.807) is 14.2 Å². The number of nitrogens with one attached hydrogen (secondary N) is 1. The third kappa shape index (κ3) is 6.40. The predicted octanol–water partition coefficient (Wildman–Crippen LogP) is 3.37. The number of nitrogens with zero attached hydrogens (tertiary/aromatic N) is 2. The Bertz CT molecular complexity index is 932. The summed E-state index contributed by atoms with van der Waals surface area (Å²) in [6.07, 6.45) is 1.08. The number of piperazine rings is 1. The molecule has 7 heteroatoms. The lowest BCUT2D eigenvalue weighted by Crippen LogP contribution is -2.60. The van der Waals surface area contributed by atoms with Gasteiger partial charge in [-0.2, -0.15) is 0 Å². The van der Waals surface area contributed by atoms with Gasteiger partial charge >= 0.3 is 6.03 Å². The first-order valence-corrected chi connectivity index (χ1v) is 11.5. The van der Waals surface area contributed by atoms with Crippen LogP contribution in [0, 0.1) is 5.92 Å². The molecule has 1 fully saturated rings. The Kier molecular flexibility index (Phi) is 8.58. The van der Waals surface area contributed by atoms with Gasteiger partial charge < -0.3 is 24.6 Å². The van der Waals surface area contributed by atoms with Gasteiger partial charge in [-0.05, 0) is 35.6 Å². The van der Waals surface area contributed by atoms with Crippen molar-refractivity contribution in [3.8, 4) is 11.5 Å². The number of carbonyl (C=O) groups is 2. The molecule has 0 aromatic heterocycles. The van der Waals surface area contributed by atoms with E-state index in [0.717, 1.165) is 12.0 Å². The van der Waals surface area contributed by atoms with Gasteiger partial charge in [0, 0.05) is 26.2 Å². The van der Waals surface area contributed by atoms with Crippen molar-refractivity contribution in [2.24, 2.45) is 5.92 Å². The Labute approximate surface area is 196 Å². The molecular weight excluding hydrogens is 418 g/mol. The monoisotopic (exact) mass is 453 g/mol. The van der Waals surface area contributed by atoms with E-state index in [9.17, 15) is 9.59 Å². The van der Waals surface area contributed by atoms with Crippen molar-refractivity contribution in [2.75, 3.05) is 40.4 Å². The second-order valence-electron chi connectivity index (χ2n) is 8.68. The van der Waals surface area contributed by atoms with Crippen molar-refractivity contribution in [2.45, 2.75) is 32.7 Å². The molecule has 7 nitrogen and oxygen atoms in total. The van der Waals surface area contributed by atoms with Gasteiger partial charge in [0.25, 0.3) is 0 Å². The van der Waals surface area contributed by atoms with Crippen LogP contribution in [0.2, 0.25) is 0 Å². The average molecular weight is 454 g/mol. The summed E-state index contributed by atoms with van der Waals surface area (Å²) in [5.41, 5.74) is 2.07. The summed E-state index contributed by atoms with van der Waals surface area (Å²) in [4.78, 5) is 29.7. The highest BCUT2D eigenvalue weighted by molar-refractivity contribution is 5.80. The molecule has 178 valence electrons. The number of urea groups is 1. The molecule has 0 radical (unpaired) electrons. The molecule has 2 aromatic rings. The number of rotatable bonds is 8. The topological polar surface area (TPSA) is 71.1 Å². The first-order valence-electron chi connectivity index (χ1n) is 11.5. The molecule has 1 unspecified atom stereocenters. The summed E-state index contributed by atoms with van der Waals surface area (Å²) in [6, 6.07) is 15.6. The van der Waals surface area contributed by atoms with Crippen molar-refractivity contribution in [1.82, 2.24) is 15.1 Å². The van der Waals surface area contributed by atoms with Gasteiger partial charge in [-0.3, -0.25) is 4.79 Å². The Morgan fingerprint density at radius 3 is 2.39 bits per heavy atom. The zero-order valence-electron chi connectivity index (χ0n) is 20.0. The van der Waals surface area contributed by atoms with Gasteiger partial charge in [0.15, 0.2) is 11.5 Å². The minimum atomic E-state index is -0.0587. The van der Waals surface area contributed by atoms with Crippen LogP contribution in [0.15, 0.2) is 48.5 Å². The molecule has 2 aromatic carbocycles. The lowest BCUT2D eigenvalue weighted by Gasteiger charge is -2.43. The number of methoxy groups -OCH3 is 2. The van der Waals surface area contributed by atoms with E-state index < -0.39 is 0 Å². The van der Waals surface area contributed by atoms with Gasteiger partial charge in [-0.15, -0.1) is 0 Å². The highest BCUT2D eigenvalue weighted by atomic mass is 16.5. The minimum Gasteiger partial charge on any atom is -0.493 e. The minimum absolute atomic E-state index is 0.0233. The van der Waals surface area contributed by atoms with Crippen molar-refractivity contribution < 1.29 is 19.1 Å². The molecule has 1 N–H and O–H groups in total. The van der Waals surface area contributed by atoms with Gasteiger partial charge in [-0.25, -0.2) is 4.79 Å². The second-order valence-corrected chi connectivity index (χ2v) is 8.68. The smallest absolute Gasteiger partial charge is 0.317 e. The highest BCUT2D eigenvalue weighted by Crippen LogP contribution is 2.28. The zero-order valence-corrected chi connectivity index (χ0v) is 20.0. The molecule has 0 spiro atoms. The summed E-state index contributed by atoms with van der Waals surface area (Å²) in [7, 11) is 3.17. The van der Waals surface area contributed by atoms with Crippen LogP contribution in [0.3, 0.4) is 0 Å². The SMILES string of the molecule is COc1ccc(CC(=O)N2CCN(C(=O)NCCc3ccccc3)C(C(C)C)C2)cc1OC. The van der Waals surface area contributed by atoms with Crippen LogP contribution in [0.4, 0.5) is 4.79 Å². The van der Waals surface area contributed by atoms with Crippen LogP contribution in [-0.2, 0) is 17.6 Å². The standard InChI is InChI=1S/C26H35N3O4/c1-19(2)22-18-28(25(30)17-21-10-11-23(32-3)24(16-21)33-4)14-15-29(22)26(31)27-13-12-20-8-6-5-7-9-20/h5-11,16,19,22H,12-15,17-18H2,1-4H3,(H,27,31). The summed E-state index contributed by atoms with van der Waals surface area (Å²) in [5.74, 6) is 1.54. The molecule has 1 aliphatic rings. The largest absolute Gasteiger partial charge is 0.493 e. The van der Waals surface area contributed by atoms with E-state index in [1.165, 1.54) is 5.56 Å². The highest BCUT2D eigenvalue weighted by Gasteiger charge is 2.34.